The van der Waals surface area contributed by atoms with Crippen molar-refractivity contribution < 1.29 is 18.7 Å². The number of aromatic amines is 1. The molecule has 33 heavy (non-hydrogen) atoms. The normalized spacial score (nSPS) is 26.9. The summed E-state index contributed by atoms with van der Waals surface area (Å²) in [5.74, 6) is 2.50. The smallest absolute Gasteiger partial charge is 0.330 e. The summed E-state index contributed by atoms with van der Waals surface area (Å²) in [6.07, 6.45) is 4.23. The van der Waals surface area contributed by atoms with E-state index in [4.69, 9.17) is 20.0 Å². The first-order valence-electron chi connectivity index (χ1n) is 11.3. The highest BCUT2D eigenvalue weighted by Gasteiger charge is 2.59. The topological polar surface area (TPSA) is 103 Å². The molecule has 1 fully saturated rings. The second kappa shape index (κ2) is 8.94. The molecule has 0 saturated carbocycles. The Kier molecular flexibility index (Phi) is 7.52. The average Bonchev–Trinajstić information content (AvgIpc) is 2.90. The average molecular weight is 497 g/mol. The van der Waals surface area contributed by atoms with Crippen LogP contribution in [0.25, 0.3) is 0 Å². The molecule has 1 aliphatic rings. The van der Waals surface area contributed by atoms with Crippen LogP contribution in [0.5, 0.6) is 0 Å². The molecule has 1 aliphatic heterocycles. The van der Waals surface area contributed by atoms with Crippen LogP contribution in [0.15, 0.2) is 21.9 Å². The van der Waals surface area contributed by atoms with Crippen molar-refractivity contribution in [3.8, 4) is 12.3 Å². The van der Waals surface area contributed by atoms with Crippen molar-refractivity contribution in [2.75, 3.05) is 6.61 Å². The molecule has 1 aromatic rings. The second-order valence-electron chi connectivity index (χ2n) is 11.9. The van der Waals surface area contributed by atoms with Crippen LogP contribution >= 0.6 is 0 Å². The molecule has 2 heterocycles. The molecule has 0 radical (unpaired) electrons. The fourth-order valence-electron chi connectivity index (χ4n) is 3.07. The number of terminal acetylenes is 1. The summed E-state index contributed by atoms with van der Waals surface area (Å²) in [5, 5.41) is 11.5. The highest BCUT2D eigenvalue weighted by Crippen LogP contribution is 2.45. The van der Waals surface area contributed by atoms with E-state index in [0.717, 1.165) is 0 Å². The molecule has 0 aromatic carbocycles. The van der Waals surface area contributed by atoms with E-state index in [0.29, 0.717) is 0 Å². The maximum absolute atomic E-state index is 12.6. The zero-order chi connectivity index (χ0) is 25.6. The zero-order valence-electron chi connectivity index (χ0n) is 21.6. The predicted molar refractivity (Wildman–Crippen MR) is 134 cm³/mol. The molecule has 1 saturated heterocycles. The Morgan fingerprint density at radius 2 is 1.70 bits per heavy atom. The Bertz CT molecular complexity index is 1010. The first-order chi connectivity index (χ1) is 14.8. The van der Waals surface area contributed by atoms with E-state index in [2.05, 4.69) is 65.5 Å². The molecule has 10 heteroatoms. The molecule has 0 spiro atoms. The third-order valence-electron chi connectivity index (χ3n) is 7.47. The molecular formula is C23H40N2O6Si2. The van der Waals surface area contributed by atoms with Gasteiger partial charge in [0.1, 0.15) is 12.2 Å². The summed E-state index contributed by atoms with van der Waals surface area (Å²) in [5.41, 5.74) is -3.03. The van der Waals surface area contributed by atoms with Crippen LogP contribution in [0.3, 0.4) is 0 Å². The van der Waals surface area contributed by atoms with Gasteiger partial charge in [-0.05, 0) is 36.3 Å². The number of aliphatic hydroxyl groups is 1. The van der Waals surface area contributed by atoms with Crippen molar-refractivity contribution in [2.45, 2.75) is 102 Å². The molecule has 0 bridgehead atoms. The summed E-state index contributed by atoms with van der Waals surface area (Å²) >= 11 is 0. The van der Waals surface area contributed by atoms with Crippen LogP contribution in [0.2, 0.25) is 36.3 Å². The largest absolute Gasteiger partial charge is 0.414 e. The highest BCUT2D eigenvalue weighted by molar-refractivity contribution is 6.74. The third-order valence-corrected chi connectivity index (χ3v) is 16.4. The molecule has 2 rings (SSSR count). The van der Waals surface area contributed by atoms with Gasteiger partial charge in [0, 0.05) is 12.3 Å². The van der Waals surface area contributed by atoms with Crippen LogP contribution in [0.4, 0.5) is 0 Å². The molecule has 2 N–H and O–H groups in total. The van der Waals surface area contributed by atoms with Crippen LogP contribution < -0.4 is 11.2 Å². The Hall–Kier alpha value is -1.49. The van der Waals surface area contributed by atoms with E-state index >= 15 is 0 Å². The van der Waals surface area contributed by atoms with E-state index in [1.165, 1.54) is 16.8 Å². The molecule has 4 atom stereocenters. The minimum absolute atomic E-state index is 0.0494. The Morgan fingerprint density at radius 1 is 1.15 bits per heavy atom. The molecule has 1 aromatic heterocycles. The van der Waals surface area contributed by atoms with E-state index < -0.39 is 51.9 Å². The fourth-order valence-corrected chi connectivity index (χ4v) is 5.35. The number of rotatable bonds is 6. The van der Waals surface area contributed by atoms with E-state index in [1.807, 2.05) is 13.1 Å². The van der Waals surface area contributed by atoms with E-state index in [9.17, 15) is 14.7 Å². The highest BCUT2D eigenvalue weighted by atomic mass is 28.4. The van der Waals surface area contributed by atoms with Crippen LogP contribution in [0, 0.1) is 12.3 Å². The number of H-pyrrole nitrogens is 1. The number of aromatic nitrogens is 2. The summed E-state index contributed by atoms with van der Waals surface area (Å²) in [4.78, 5) is 26.5. The molecule has 8 nitrogen and oxygen atoms in total. The SMILES string of the molecule is C#C[C@]1(O)[C@@H](CO[Si](C)(C)C(C)(C)C)O[C@@H](n2ccc(=O)[nH]c2=O)[C@@H]1O[Si](C)(C)C(C)(C)C. The molecular weight excluding hydrogens is 456 g/mol. The third kappa shape index (κ3) is 5.44. The summed E-state index contributed by atoms with van der Waals surface area (Å²) in [7, 11) is -4.63. The zero-order valence-corrected chi connectivity index (χ0v) is 23.6. The van der Waals surface area contributed by atoms with E-state index in [-0.39, 0.29) is 16.7 Å². The van der Waals surface area contributed by atoms with Gasteiger partial charge in [-0.2, -0.15) is 0 Å². The maximum atomic E-state index is 12.6. The lowest BCUT2D eigenvalue weighted by Gasteiger charge is -2.42. The lowest BCUT2D eigenvalue weighted by atomic mass is 9.93. The molecule has 0 unspecified atom stereocenters. The summed E-state index contributed by atoms with van der Waals surface area (Å²) in [6.45, 7) is 20.9. The van der Waals surface area contributed by atoms with Crippen molar-refractivity contribution in [2.24, 2.45) is 0 Å². The van der Waals surface area contributed by atoms with Crippen LogP contribution in [-0.4, -0.2) is 55.7 Å². The predicted octanol–water partition coefficient (Wildman–Crippen LogP) is 3.21. The number of nitrogens with one attached hydrogen (secondary N) is 1. The Balaban J connectivity index is 2.54. The van der Waals surface area contributed by atoms with Gasteiger partial charge < -0.3 is 18.7 Å². The standard InChI is InChI=1S/C23H40N2O6Si2/c1-12-23(28)16(15-29-32(8,9)21(2,3)4)30-19(25-14-13-17(26)24-20(25)27)18(23)31-33(10,11)22(5,6)7/h1,13-14,16,18-19,28H,15H2,2-11H3,(H,24,26,27)/t16-,18+,19-,23+/m1/s1. The van der Waals surface area contributed by atoms with Gasteiger partial charge >= 0.3 is 5.69 Å². The quantitative estimate of drug-likeness (QED) is 0.463. The molecule has 186 valence electrons. The van der Waals surface area contributed by atoms with Gasteiger partial charge in [0.05, 0.1) is 6.61 Å². The number of hydrogen-bond donors (Lipinski definition) is 2. The summed E-state index contributed by atoms with van der Waals surface area (Å²) in [6, 6.07) is 1.22. The van der Waals surface area contributed by atoms with Gasteiger partial charge in [-0.1, -0.05) is 47.5 Å². The van der Waals surface area contributed by atoms with Gasteiger partial charge in [-0.3, -0.25) is 14.3 Å². The first kappa shape index (κ1) is 27.8. The van der Waals surface area contributed by atoms with Crippen molar-refractivity contribution in [3.63, 3.8) is 0 Å². The lowest BCUT2D eigenvalue weighted by molar-refractivity contribution is -0.0598. The van der Waals surface area contributed by atoms with Gasteiger partial charge in [0.2, 0.25) is 0 Å². The number of nitrogens with zero attached hydrogens (tertiary/aromatic N) is 1. The van der Waals surface area contributed by atoms with Gasteiger partial charge in [-0.15, -0.1) is 6.42 Å². The Morgan fingerprint density at radius 3 is 2.15 bits per heavy atom. The minimum Gasteiger partial charge on any atom is -0.414 e. The molecule has 0 aliphatic carbocycles. The van der Waals surface area contributed by atoms with Crippen molar-refractivity contribution in [3.05, 3.63) is 33.1 Å². The minimum atomic E-state index is -2.45. The second-order valence-corrected chi connectivity index (χ2v) is 21.4. The van der Waals surface area contributed by atoms with Crippen LogP contribution in [-0.2, 0) is 13.6 Å². The lowest BCUT2D eigenvalue weighted by Crippen LogP contribution is -2.56. The first-order valence-corrected chi connectivity index (χ1v) is 17.1. The number of ether oxygens (including phenoxy) is 1. The van der Waals surface area contributed by atoms with Crippen molar-refractivity contribution in [1.29, 1.82) is 0 Å². The monoisotopic (exact) mass is 496 g/mol. The van der Waals surface area contributed by atoms with Gasteiger partial charge in [0.25, 0.3) is 5.56 Å². The van der Waals surface area contributed by atoms with Gasteiger partial charge in [-0.25, -0.2) is 4.79 Å². The fraction of sp³-hybridized carbons (Fsp3) is 0.739. The van der Waals surface area contributed by atoms with Crippen molar-refractivity contribution in [1.82, 2.24) is 9.55 Å². The summed E-state index contributed by atoms with van der Waals surface area (Å²) < 4.78 is 20.3. The Labute approximate surface area is 198 Å². The van der Waals surface area contributed by atoms with Crippen LogP contribution in [0.1, 0.15) is 47.8 Å². The maximum Gasteiger partial charge on any atom is 0.330 e. The van der Waals surface area contributed by atoms with Crippen molar-refractivity contribution >= 4 is 16.6 Å². The van der Waals surface area contributed by atoms with E-state index in [1.54, 1.807) is 0 Å². The molecule has 0 amide bonds. The number of hydrogen-bond acceptors (Lipinski definition) is 6. The van der Waals surface area contributed by atoms with Gasteiger partial charge in [0.15, 0.2) is 28.5 Å².